The fourth-order valence-corrected chi connectivity index (χ4v) is 1.31. The zero-order valence-electron chi connectivity index (χ0n) is 8.02. The maximum absolute atomic E-state index is 13.2. The van der Waals surface area contributed by atoms with E-state index in [-0.39, 0.29) is 0 Å². The highest BCUT2D eigenvalue weighted by Crippen LogP contribution is 2.21. The van der Waals surface area contributed by atoms with Gasteiger partial charge in [0.15, 0.2) is 0 Å². The minimum atomic E-state index is -1.07. The van der Waals surface area contributed by atoms with Crippen LogP contribution in [0.4, 0.5) is 8.78 Å². The van der Waals surface area contributed by atoms with Crippen LogP contribution < -0.4 is 0 Å². The van der Waals surface area contributed by atoms with Crippen molar-refractivity contribution >= 4 is 0 Å². The summed E-state index contributed by atoms with van der Waals surface area (Å²) in [5.41, 5.74) is 0. The Hall–Kier alpha value is -0.180. The molecule has 3 heteroatoms. The lowest BCUT2D eigenvalue weighted by Gasteiger charge is -2.20. The van der Waals surface area contributed by atoms with Crippen molar-refractivity contribution in [2.45, 2.75) is 39.0 Å². The van der Waals surface area contributed by atoms with E-state index in [1.165, 1.54) is 14.0 Å². The summed E-state index contributed by atoms with van der Waals surface area (Å²) in [4.78, 5) is 0. The average Bonchev–Trinajstić information content (AvgIpc) is 2.01. The van der Waals surface area contributed by atoms with E-state index in [1.807, 2.05) is 0 Å². The Labute approximate surface area is 73.1 Å². The molecule has 0 spiro atoms. The minimum Gasteiger partial charge on any atom is -0.385 e. The Bertz CT molecular complexity index is 107. The molecule has 0 radical (unpaired) electrons. The lowest BCUT2D eigenvalue weighted by atomic mass is 9.94. The number of alkyl halides is 2. The monoisotopic (exact) mass is 180 g/mol. The van der Waals surface area contributed by atoms with Crippen LogP contribution in [0.3, 0.4) is 0 Å². The maximum Gasteiger partial charge on any atom is 0.108 e. The van der Waals surface area contributed by atoms with E-state index in [0.717, 1.165) is 0 Å². The molecule has 1 unspecified atom stereocenters. The van der Waals surface area contributed by atoms with E-state index in [4.69, 9.17) is 4.74 Å². The third-order valence-electron chi connectivity index (χ3n) is 2.12. The maximum atomic E-state index is 13.2. The molecule has 0 aliphatic heterocycles. The van der Waals surface area contributed by atoms with Gasteiger partial charge in [-0.3, -0.25) is 0 Å². The molecular formula is C9H18F2O. The first-order chi connectivity index (χ1) is 5.63. The van der Waals surface area contributed by atoms with Gasteiger partial charge in [0.25, 0.3) is 0 Å². The molecule has 74 valence electrons. The molecule has 0 aromatic rings. The molecule has 0 fully saturated rings. The topological polar surface area (TPSA) is 9.23 Å². The lowest BCUT2D eigenvalue weighted by molar-refractivity contribution is 0.0930. The molecule has 0 aliphatic rings. The summed E-state index contributed by atoms with van der Waals surface area (Å²) in [7, 11) is 1.52. The Morgan fingerprint density at radius 3 is 2.25 bits per heavy atom. The molecule has 0 aromatic heterocycles. The summed E-state index contributed by atoms with van der Waals surface area (Å²) in [5, 5.41) is 0. The lowest BCUT2D eigenvalue weighted by Crippen LogP contribution is -2.24. The number of ether oxygens (including phenoxy) is 1. The van der Waals surface area contributed by atoms with E-state index in [1.54, 1.807) is 6.92 Å². The third kappa shape index (κ3) is 4.00. The molecule has 12 heavy (non-hydrogen) atoms. The van der Waals surface area contributed by atoms with Crippen molar-refractivity contribution in [2.75, 3.05) is 13.7 Å². The summed E-state index contributed by atoms with van der Waals surface area (Å²) in [6, 6.07) is 0. The van der Waals surface area contributed by atoms with E-state index >= 15 is 0 Å². The fourth-order valence-electron chi connectivity index (χ4n) is 1.31. The molecule has 0 amide bonds. The molecule has 0 bridgehead atoms. The van der Waals surface area contributed by atoms with Crippen LogP contribution in [0.2, 0.25) is 0 Å². The quantitative estimate of drug-likeness (QED) is 0.610. The van der Waals surface area contributed by atoms with E-state index < -0.39 is 18.3 Å². The molecule has 1 nitrogen and oxygen atoms in total. The molecule has 3 atom stereocenters. The van der Waals surface area contributed by atoms with Crippen molar-refractivity contribution in [3.63, 3.8) is 0 Å². The van der Waals surface area contributed by atoms with Gasteiger partial charge in [-0.05, 0) is 13.3 Å². The van der Waals surface area contributed by atoms with Crippen molar-refractivity contribution in [1.29, 1.82) is 0 Å². The predicted molar refractivity (Wildman–Crippen MR) is 45.7 cm³/mol. The Morgan fingerprint density at radius 2 is 1.92 bits per heavy atom. The van der Waals surface area contributed by atoms with Crippen molar-refractivity contribution in [3.05, 3.63) is 0 Å². The molecule has 0 heterocycles. The normalized spacial score (nSPS) is 18.8. The van der Waals surface area contributed by atoms with Gasteiger partial charge < -0.3 is 4.74 Å². The van der Waals surface area contributed by atoms with Gasteiger partial charge in [0, 0.05) is 26.1 Å². The molecular weight excluding hydrogens is 162 g/mol. The van der Waals surface area contributed by atoms with Crippen LogP contribution in [0.15, 0.2) is 0 Å². The highest BCUT2D eigenvalue weighted by molar-refractivity contribution is 4.72. The van der Waals surface area contributed by atoms with Crippen LogP contribution >= 0.6 is 0 Å². The first-order valence-corrected chi connectivity index (χ1v) is 4.40. The SMILES string of the molecule is CCC([C@H](C)F)[C@H](F)CCOC. The summed E-state index contributed by atoms with van der Waals surface area (Å²) in [5.74, 6) is -0.472. The van der Waals surface area contributed by atoms with E-state index in [2.05, 4.69) is 0 Å². The zero-order valence-corrected chi connectivity index (χ0v) is 8.02. The third-order valence-corrected chi connectivity index (χ3v) is 2.12. The number of rotatable bonds is 6. The number of hydrogen-bond donors (Lipinski definition) is 0. The molecule has 0 aromatic carbocycles. The highest BCUT2D eigenvalue weighted by Gasteiger charge is 2.24. The average molecular weight is 180 g/mol. The number of methoxy groups -OCH3 is 1. The fraction of sp³-hybridized carbons (Fsp3) is 1.00. The van der Waals surface area contributed by atoms with Crippen molar-refractivity contribution in [3.8, 4) is 0 Å². The molecule has 0 saturated carbocycles. The van der Waals surface area contributed by atoms with E-state index in [0.29, 0.717) is 19.4 Å². The van der Waals surface area contributed by atoms with Gasteiger partial charge in [0.05, 0.1) is 0 Å². The van der Waals surface area contributed by atoms with Gasteiger partial charge in [-0.1, -0.05) is 6.92 Å². The van der Waals surface area contributed by atoms with Gasteiger partial charge in [0.1, 0.15) is 12.3 Å². The van der Waals surface area contributed by atoms with Crippen molar-refractivity contribution in [2.24, 2.45) is 5.92 Å². The van der Waals surface area contributed by atoms with Crippen LogP contribution in [0.5, 0.6) is 0 Å². The van der Waals surface area contributed by atoms with Crippen molar-refractivity contribution in [1.82, 2.24) is 0 Å². The number of halogens is 2. The largest absolute Gasteiger partial charge is 0.385 e. The van der Waals surface area contributed by atoms with Crippen LogP contribution in [0.25, 0.3) is 0 Å². The Morgan fingerprint density at radius 1 is 1.33 bits per heavy atom. The van der Waals surface area contributed by atoms with Gasteiger partial charge in [0.2, 0.25) is 0 Å². The standard InChI is InChI=1S/C9H18F2O/c1-4-8(7(2)10)9(11)5-6-12-3/h7-9H,4-6H2,1-3H3/t7-,8?,9+/m0/s1. The molecule has 0 N–H and O–H groups in total. The van der Waals surface area contributed by atoms with Gasteiger partial charge in [-0.25, -0.2) is 8.78 Å². The zero-order chi connectivity index (χ0) is 9.56. The molecule has 0 rings (SSSR count). The van der Waals surface area contributed by atoms with Crippen molar-refractivity contribution < 1.29 is 13.5 Å². The van der Waals surface area contributed by atoms with Gasteiger partial charge in [-0.2, -0.15) is 0 Å². The molecule has 0 saturated heterocycles. The Balaban J connectivity index is 3.77. The van der Waals surface area contributed by atoms with Crippen LogP contribution in [0, 0.1) is 5.92 Å². The summed E-state index contributed by atoms with van der Waals surface area (Å²) in [6.45, 7) is 3.58. The minimum absolute atomic E-state index is 0.295. The van der Waals surface area contributed by atoms with E-state index in [9.17, 15) is 8.78 Å². The highest BCUT2D eigenvalue weighted by atomic mass is 19.1. The van der Waals surface area contributed by atoms with Crippen LogP contribution in [-0.4, -0.2) is 26.1 Å². The summed E-state index contributed by atoms with van der Waals surface area (Å²) >= 11 is 0. The Kier molecular flexibility index (Phi) is 6.25. The first-order valence-electron chi connectivity index (χ1n) is 4.40. The first kappa shape index (κ1) is 11.8. The second-order valence-electron chi connectivity index (χ2n) is 3.05. The van der Waals surface area contributed by atoms with Crippen LogP contribution in [0.1, 0.15) is 26.7 Å². The van der Waals surface area contributed by atoms with Gasteiger partial charge >= 0.3 is 0 Å². The molecule has 0 aliphatic carbocycles. The predicted octanol–water partition coefficient (Wildman–Crippen LogP) is 2.75. The second kappa shape index (κ2) is 6.35. The smallest absolute Gasteiger partial charge is 0.108 e. The number of hydrogen-bond acceptors (Lipinski definition) is 1. The summed E-state index contributed by atoms with van der Waals surface area (Å²) in [6.07, 6.45) is -1.30. The van der Waals surface area contributed by atoms with Crippen LogP contribution in [-0.2, 0) is 4.74 Å². The van der Waals surface area contributed by atoms with Gasteiger partial charge in [-0.15, -0.1) is 0 Å². The summed E-state index contributed by atoms with van der Waals surface area (Å²) < 4.78 is 30.7. The second-order valence-corrected chi connectivity index (χ2v) is 3.05.